The second-order valence-corrected chi connectivity index (χ2v) is 5.67. The van der Waals surface area contributed by atoms with Crippen molar-refractivity contribution in [1.29, 1.82) is 0 Å². The van der Waals surface area contributed by atoms with Crippen molar-refractivity contribution >= 4 is 0 Å². The van der Waals surface area contributed by atoms with Gasteiger partial charge in [0.05, 0.1) is 13.1 Å². The molecule has 0 amide bonds. The number of likely N-dealkylation sites (tertiary alicyclic amines) is 1. The fourth-order valence-electron chi connectivity index (χ4n) is 2.82. The quantitative estimate of drug-likeness (QED) is 0.839. The zero-order valence-electron chi connectivity index (χ0n) is 12.4. The van der Waals surface area contributed by atoms with Gasteiger partial charge in [0.25, 0.3) is 0 Å². The Morgan fingerprint density at radius 2 is 2.24 bits per heavy atom. The molecule has 0 aromatic carbocycles. The Labute approximate surface area is 123 Å². The highest BCUT2D eigenvalue weighted by molar-refractivity contribution is 4.92. The second kappa shape index (κ2) is 7.26. The first-order valence-corrected chi connectivity index (χ1v) is 7.47. The maximum Gasteiger partial charge on any atom is 0.401 e. The zero-order chi connectivity index (χ0) is 15.3. The normalized spacial score (nSPS) is 20.3. The lowest BCUT2D eigenvalue weighted by atomic mass is 10.1. The van der Waals surface area contributed by atoms with Crippen molar-refractivity contribution in [3.63, 3.8) is 0 Å². The molecule has 21 heavy (non-hydrogen) atoms. The minimum atomic E-state index is -4.09. The molecule has 1 aliphatic heterocycles. The highest BCUT2D eigenvalue weighted by Gasteiger charge is 2.34. The maximum absolute atomic E-state index is 12.3. The number of nitrogens with one attached hydrogen (secondary N) is 1. The Morgan fingerprint density at radius 3 is 2.95 bits per heavy atom. The number of aromatic nitrogens is 2. The average Bonchev–Trinajstić information content (AvgIpc) is 2.98. The van der Waals surface area contributed by atoms with Gasteiger partial charge >= 0.3 is 6.18 Å². The smallest absolute Gasteiger partial charge is 0.334 e. The van der Waals surface area contributed by atoms with E-state index in [1.807, 2.05) is 6.20 Å². The minimum absolute atomic E-state index is 0.293. The molecule has 120 valence electrons. The van der Waals surface area contributed by atoms with E-state index in [2.05, 4.69) is 21.8 Å². The molecule has 0 aliphatic carbocycles. The molecule has 1 atom stereocenters. The first-order valence-electron chi connectivity index (χ1n) is 7.47. The Morgan fingerprint density at radius 1 is 1.43 bits per heavy atom. The van der Waals surface area contributed by atoms with E-state index < -0.39 is 12.7 Å². The molecule has 0 spiro atoms. The van der Waals surface area contributed by atoms with E-state index in [-0.39, 0.29) is 0 Å². The van der Waals surface area contributed by atoms with Crippen LogP contribution in [0.25, 0.3) is 0 Å². The molecular formula is C14H23F3N4. The molecule has 0 saturated carbocycles. The highest BCUT2D eigenvalue weighted by atomic mass is 19.4. The van der Waals surface area contributed by atoms with Crippen LogP contribution in [-0.2, 0) is 13.1 Å². The third-order valence-electron chi connectivity index (χ3n) is 3.76. The topological polar surface area (TPSA) is 33.1 Å². The minimum Gasteiger partial charge on any atom is -0.334 e. The summed E-state index contributed by atoms with van der Waals surface area (Å²) in [6.07, 6.45) is 1.53. The number of hydrogen-bond acceptors (Lipinski definition) is 3. The van der Waals surface area contributed by atoms with Crippen LogP contribution < -0.4 is 5.32 Å². The van der Waals surface area contributed by atoms with Crippen molar-refractivity contribution in [2.45, 2.75) is 39.0 Å². The van der Waals surface area contributed by atoms with Gasteiger partial charge in [-0.1, -0.05) is 6.92 Å². The highest BCUT2D eigenvalue weighted by Crippen LogP contribution is 2.22. The van der Waals surface area contributed by atoms with Gasteiger partial charge in [-0.2, -0.15) is 13.2 Å². The Hall–Kier alpha value is -1.08. The SMILES string of the molecule is CCCn1ccnc1CNCC1CCN(CC(F)(F)F)C1. The monoisotopic (exact) mass is 304 g/mol. The number of aryl methyl sites for hydroxylation is 1. The lowest BCUT2D eigenvalue weighted by molar-refractivity contribution is -0.143. The molecular weight excluding hydrogens is 281 g/mol. The van der Waals surface area contributed by atoms with Gasteiger partial charge < -0.3 is 9.88 Å². The first kappa shape index (κ1) is 16.3. The maximum atomic E-state index is 12.3. The first-order chi connectivity index (χ1) is 9.98. The summed E-state index contributed by atoms with van der Waals surface area (Å²) in [5.41, 5.74) is 0. The summed E-state index contributed by atoms with van der Waals surface area (Å²) >= 11 is 0. The zero-order valence-corrected chi connectivity index (χ0v) is 12.4. The molecule has 1 unspecified atom stereocenters. The lowest BCUT2D eigenvalue weighted by Crippen LogP contribution is -2.33. The van der Waals surface area contributed by atoms with E-state index in [9.17, 15) is 13.2 Å². The molecule has 4 nitrogen and oxygen atoms in total. The third kappa shape index (κ3) is 5.32. The predicted molar refractivity (Wildman–Crippen MR) is 74.8 cm³/mol. The summed E-state index contributed by atoms with van der Waals surface area (Å²) in [4.78, 5) is 5.79. The van der Waals surface area contributed by atoms with Crippen LogP contribution in [0.3, 0.4) is 0 Å². The Kier molecular flexibility index (Phi) is 5.64. The van der Waals surface area contributed by atoms with Crippen LogP contribution in [0.2, 0.25) is 0 Å². The van der Waals surface area contributed by atoms with Crippen molar-refractivity contribution in [2.24, 2.45) is 5.92 Å². The number of imidazole rings is 1. The van der Waals surface area contributed by atoms with E-state index in [1.165, 1.54) is 4.90 Å². The summed E-state index contributed by atoms with van der Waals surface area (Å²) in [7, 11) is 0. The van der Waals surface area contributed by atoms with E-state index in [0.717, 1.165) is 31.8 Å². The van der Waals surface area contributed by atoms with Gasteiger partial charge in [0.15, 0.2) is 0 Å². The molecule has 1 N–H and O–H groups in total. The fourth-order valence-corrected chi connectivity index (χ4v) is 2.82. The van der Waals surface area contributed by atoms with Crippen LogP contribution in [0.5, 0.6) is 0 Å². The number of rotatable bonds is 7. The van der Waals surface area contributed by atoms with E-state index >= 15 is 0 Å². The summed E-state index contributed by atoms with van der Waals surface area (Å²) in [5, 5.41) is 3.32. The Bertz CT molecular complexity index is 430. The van der Waals surface area contributed by atoms with E-state index in [4.69, 9.17) is 0 Å². The van der Waals surface area contributed by atoms with Crippen LogP contribution >= 0.6 is 0 Å². The number of nitrogens with zero attached hydrogens (tertiary/aromatic N) is 3. The van der Waals surface area contributed by atoms with Gasteiger partial charge in [-0.15, -0.1) is 0 Å². The third-order valence-corrected chi connectivity index (χ3v) is 3.76. The van der Waals surface area contributed by atoms with Gasteiger partial charge in [0, 0.05) is 25.5 Å². The predicted octanol–water partition coefficient (Wildman–Crippen LogP) is 2.27. The standard InChI is InChI=1S/C14H23F3N4/c1-2-5-21-7-4-19-13(21)9-18-8-12-3-6-20(10-12)11-14(15,16)17/h4,7,12,18H,2-3,5-6,8-11H2,1H3. The summed E-state index contributed by atoms with van der Waals surface area (Å²) in [6, 6.07) is 0. The fraction of sp³-hybridized carbons (Fsp3) is 0.786. The second-order valence-electron chi connectivity index (χ2n) is 5.67. The summed E-state index contributed by atoms with van der Waals surface area (Å²) in [6.45, 7) is 4.75. The lowest BCUT2D eigenvalue weighted by Gasteiger charge is -2.18. The number of halogens is 3. The molecule has 1 aliphatic rings. The van der Waals surface area contributed by atoms with Crippen LogP contribution in [0.4, 0.5) is 13.2 Å². The number of alkyl halides is 3. The van der Waals surface area contributed by atoms with Crippen LogP contribution in [0, 0.1) is 5.92 Å². The van der Waals surface area contributed by atoms with Gasteiger partial charge in [0.2, 0.25) is 0 Å². The molecule has 1 aromatic rings. The van der Waals surface area contributed by atoms with Crippen LogP contribution in [0.15, 0.2) is 12.4 Å². The Balaban J connectivity index is 1.69. The molecule has 0 bridgehead atoms. The molecule has 7 heteroatoms. The average molecular weight is 304 g/mol. The molecule has 1 saturated heterocycles. The summed E-state index contributed by atoms with van der Waals surface area (Å²) < 4.78 is 39.1. The van der Waals surface area contributed by atoms with Crippen molar-refractivity contribution in [3.05, 3.63) is 18.2 Å². The van der Waals surface area contributed by atoms with Crippen molar-refractivity contribution in [1.82, 2.24) is 19.8 Å². The van der Waals surface area contributed by atoms with Crippen molar-refractivity contribution in [3.8, 4) is 0 Å². The van der Waals surface area contributed by atoms with Gasteiger partial charge in [0.1, 0.15) is 5.82 Å². The molecule has 2 rings (SSSR count). The van der Waals surface area contributed by atoms with Crippen LogP contribution in [0.1, 0.15) is 25.6 Å². The molecule has 1 fully saturated rings. The van der Waals surface area contributed by atoms with Gasteiger partial charge in [-0.3, -0.25) is 4.90 Å². The van der Waals surface area contributed by atoms with Crippen LogP contribution in [-0.4, -0.2) is 46.8 Å². The van der Waals surface area contributed by atoms with Crippen molar-refractivity contribution < 1.29 is 13.2 Å². The van der Waals surface area contributed by atoms with Crippen molar-refractivity contribution in [2.75, 3.05) is 26.2 Å². The van der Waals surface area contributed by atoms with E-state index in [0.29, 0.717) is 25.6 Å². The number of hydrogen-bond donors (Lipinski definition) is 1. The van der Waals surface area contributed by atoms with Gasteiger partial charge in [-0.25, -0.2) is 4.98 Å². The molecule has 2 heterocycles. The summed E-state index contributed by atoms with van der Waals surface area (Å²) in [5.74, 6) is 1.28. The molecule has 1 aromatic heterocycles. The van der Waals surface area contributed by atoms with E-state index in [1.54, 1.807) is 6.20 Å². The molecule has 0 radical (unpaired) electrons. The van der Waals surface area contributed by atoms with Gasteiger partial charge in [-0.05, 0) is 31.8 Å². The largest absolute Gasteiger partial charge is 0.401 e.